The number of aromatic nitrogens is 3. The zero-order valence-corrected chi connectivity index (χ0v) is 17.9. The monoisotopic (exact) mass is 436 g/mol. The van der Waals surface area contributed by atoms with E-state index in [0.29, 0.717) is 28.6 Å². The summed E-state index contributed by atoms with van der Waals surface area (Å²) in [5.41, 5.74) is 2.97. The van der Waals surface area contributed by atoms with Crippen LogP contribution in [-0.2, 0) is 11.2 Å². The Hall–Kier alpha value is -3.58. The predicted octanol–water partition coefficient (Wildman–Crippen LogP) is 4.66. The molecule has 2 heterocycles. The number of halogens is 1. The predicted molar refractivity (Wildman–Crippen MR) is 120 cm³/mol. The van der Waals surface area contributed by atoms with Crippen LogP contribution in [0, 0.1) is 0 Å². The molecule has 158 valence electrons. The van der Waals surface area contributed by atoms with Crippen molar-refractivity contribution in [2.24, 2.45) is 0 Å². The van der Waals surface area contributed by atoms with E-state index < -0.39 is 0 Å². The largest absolute Gasteiger partial charge is 0.495 e. The van der Waals surface area contributed by atoms with E-state index in [4.69, 9.17) is 26.1 Å². The van der Waals surface area contributed by atoms with Crippen LogP contribution in [0.1, 0.15) is 12.2 Å². The van der Waals surface area contributed by atoms with Crippen molar-refractivity contribution in [3.05, 3.63) is 71.6 Å². The molecule has 0 aliphatic heterocycles. The van der Waals surface area contributed by atoms with Gasteiger partial charge >= 0.3 is 0 Å². The highest BCUT2D eigenvalue weighted by Gasteiger charge is 2.16. The highest BCUT2D eigenvalue weighted by Crippen LogP contribution is 2.36. The van der Waals surface area contributed by atoms with Crippen molar-refractivity contribution in [2.45, 2.75) is 12.8 Å². The van der Waals surface area contributed by atoms with E-state index in [2.05, 4.69) is 10.3 Å². The van der Waals surface area contributed by atoms with Gasteiger partial charge in [-0.25, -0.2) is 9.97 Å². The van der Waals surface area contributed by atoms with E-state index in [1.54, 1.807) is 18.3 Å². The van der Waals surface area contributed by atoms with Gasteiger partial charge in [-0.2, -0.15) is 0 Å². The molecule has 4 rings (SSSR count). The van der Waals surface area contributed by atoms with E-state index >= 15 is 0 Å². The molecule has 0 aliphatic rings. The Morgan fingerprint density at radius 1 is 1.06 bits per heavy atom. The van der Waals surface area contributed by atoms with Crippen LogP contribution in [0.25, 0.3) is 16.9 Å². The first-order valence-corrected chi connectivity index (χ1v) is 10.1. The van der Waals surface area contributed by atoms with Gasteiger partial charge in [0.05, 0.1) is 24.9 Å². The first kappa shape index (κ1) is 20.7. The maximum Gasteiger partial charge on any atom is 0.224 e. The summed E-state index contributed by atoms with van der Waals surface area (Å²) in [6.07, 6.45) is 2.39. The third kappa shape index (κ3) is 4.32. The van der Waals surface area contributed by atoms with Crippen LogP contribution in [0.5, 0.6) is 11.5 Å². The molecule has 1 N–H and O–H groups in total. The topological polar surface area (TPSA) is 78.3 Å². The van der Waals surface area contributed by atoms with Gasteiger partial charge in [0.2, 0.25) is 5.91 Å². The molecule has 0 spiro atoms. The minimum Gasteiger partial charge on any atom is -0.495 e. The van der Waals surface area contributed by atoms with Gasteiger partial charge in [-0.15, -0.1) is 0 Å². The molecule has 4 aromatic rings. The Labute approximate surface area is 184 Å². The molecule has 0 saturated carbocycles. The molecule has 2 aromatic carbocycles. The summed E-state index contributed by atoms with van der Waals surface area (Å²) in [6.45, 7) is 0. The molecule has 0 atom stereocenters. The second kappa shape index (κ2) is 9.06. The van der Waals surface area contributed by atoms with E-state index in [1.807, 2.05) is 47.0 Å². The number of ether oxygens (including phenoxy) is 2. The molecule has 0 saturated heterocycles. The highest BCUT2D eigenvalue weighted by atomic mass is 35.5. The molecule has 1 amide bonds. The zero-order chi connectivity index (χ0) is 21.8. The van der Waals surface area contributed by atoms with Crippen LogP contribution in [0.4, 0.5) is 5.69 Å². The van der Waals surface area contributed by atoms with Crippen LogP contribution in [0.3, 0.4) is 0 Å². The fourth-order valence-electron chi connectivity index (χ4n) is 3.37. The van der Waals surface area contributed by atoms with Crippen molar-refractivity contribution in [3.8, 4) is 17.2 Å². The van der Waals surface area contributed by atoms with E-state index in [0.717, 1.165) is 22.7 Å². The normalized spacial score (nSPS) is 10.8. The second-order valence-corrected chi connectivity index (χ2v) is 7.19. The Bertz CT molecular complexity index is 1220. The third-order valence-electron chi connectivity index (χ3n) is 4.82. The summed E-state index contributed by atoms with van der Waals surface area (Å²) in [5.74, 6) is 1.52. The standard InChI is InChI=1S/C23H21ClN4O3/c1-30-19-14-20(31-2)18(13-16(19)24)27-22(29)11-10-21-26-17-9-6-12-25-23(17)28(21)15-7-4-3-5-8-15/h3-9,12-14H,10-11H2,1-2H3,(H,27,29). The number of nitrogens with one attached hydrogen (secondary N) is 1. The Morgan fingerprint density at radius 2 is 1.84 bits per heavy atom. The van der Waals surface area contributed by atoms with Crippen molar-refractivity contribution in [1.29, 1.82) is 0 Å². The maximum atomic E-state index is 12.7. The molecule has 0 aliphatic carbocycles. The zero-order valence-electron chi connectivity index (χ0n) is 17.1. The van der Waals surface area contributed by atoms with Gasteiger partial charge in [-0.1, -0.05) is 29.8 Å². The average Bonchev–Trinajstić information content (AvgIpc) is 3.17. The number of imidazole rings is 1. The molecule has 7 nitrogen and oxygen atoms in total. The van der Waals surface area contributed by atoms with Crippen LogP contribution >= 0.6 is 11.6 Å². The van der Waals surface area contributed by atoms with Crippen molar-refractivity contribution in [1.82, 2.24) is 14.5 Å². The molecule has 0 bridgehead atoms. The first-order chi connectivity index (χ1) is 15.1. The molecule has 31 heavy (non-hydrogen) atoms. The van der Waals surface area contributed by atoms with Crippen molar-refractivity contribution in [2.75, 3.05) is 19.5 Å². The number of methoxy groups -OCH3 is 2. The van der Waals surface area contributed by atoms with Crippen LogP contribution in [0.15, 0.2) is 60.8 Å². The number of para-hydroxylation sites is 1. The molecular formula is C23H21ClN4O3. The Balaban J connectivity index is 1.56. The number of hydrogen-bond acceptors (Lipinski definition) is 5. The van der Waals surface area contributed by atoms with Crippen molar-refractivity contribution >= 4 is 34.4 Å². The summed E-state index contributed by atoms with van der Waals surface area (Å²) < 4.78 is 12.5. The number of aryl methyl sites for hydroxylation is 1. The quantitative estimate of drug-likeness (QED) is 0.455. The lowest BCUT2D eigenvalue weighted by Gasteiger charge is -2.13. The van der Waals surface area contributed by atoms with Gasteiger partial charge in [-0.05, 0) is 30.3 Å². The van der Waals surface area contributed by atoms with Gasteiger partial charge < -0.3 is 14.8 Å². The number of benzene rings is 2. The summed E-state index contributed by atoms with van der Waals surface area (Å²) in [4.78, 5) is 21.9. The number of rotatable bonds is 7. The SMILES string of the molecule is COc1cc(OC)c(NC(=O)CCc2nc3cccnc3n2-c2ccccc2)cc1Cl. The summed E-state index contributed by atoms with van der Waals surface area (Å²) >= 11 is 6.20. The molecule has 2 aromatic heterocycles. The summed E-state index contributed by atoms with van der Waals surface area (Å²) in [5, 5.41) is 3.25. The average molecular weight is 437 g/mol. The molecule has 0 fully saturated rings. The number of amides is 1. The first-order valence-electron chi connectivity index (χ1n) is 9.70. The van der Waals surface area contributed by atoms with Crippen LogP contribution in [0.2, 0.25) is 5.02 Å². The molecule has 8 heteroatoms. The van der Waals surface area contributed by atoms with Crippen molar-refractivity contribution < 1.29 is 14.3 Å². The van der Waals surface area contributed by atoms with Gasteiger partial charge in [-0.3, -0.25) is 9.36 Å². The smallest absolute Gasteiger partial charge is 0.224 e. The lowest BCUT2D eigenvalue weighted by Crippen LogP contribution is -2.14. The van der Waals surface area contributed by atoms with Gasteiger partial charge in [0.25, 0.3) is 0 Å². The second-order valence-electron chi connectivity index (χ2n) is 6.78. The summed E-state index contributed by atoms with van der Waals surface area (Å²) in [7, 11) is 3.04. The lowest BCUT2D eigenvalue weighted by molar-refractivity contribution is -0.116. The highest BCUT2D eigenvalue weighted by molar-refractivity contribution is 6.32. The number of hydrogen-bond donors (Lipinski definition) is 1. The maximum absolute atomic E-state index is 12.7. The number of pyridine rings is 1. The minimum absolute atomic E-state index is 0.181. The number of anilines is 1. The molecule has 0 unspecified atom stereocenters. The fourth-order valence-corrected chi connectivity index (χ4v) is 3.61. The minimum atomic E-state index is -0.181. The lowest BCUT2D eigenvalue weighted by atomic mass is 10.2. The number of nitrogens with zero attached hydrogens (tertiary/aromatic N) is 3. The Morgan fingerprint density at radius 3 is 2.58 bits per heavy atom. The van der Waals surface area contributed by atoms with E-state index in [-0.39, 0.29) is 12.3 Å². The van der Waals surface area contributed by atoms with Crippen molar-refractivity contribution in [3.63, 3.8) is 0 Å². The number of fused-ring (bicyclic) bond motifs is 1. The van der Waals surface area contributed by atoms with Crippen LogP contribution < -0.4 is 14.8 Å². The number of carbonyl (C=O) groups is 1. The van der Waals surface area contributed by atoms with Gasteiger partial charge in [0.15, 0.2) is 5.65 Å². The molecule has 0 radical (unpaired) electrons. The van der Waals surface area contributed by atoms with E-state index in [9.17, 15) is 4.79 Å². The molecular weight excluding hydrogens is 416 g/mol. The van der Waals surface area contributed by atoms with E-state index in [1.165, 1.54) is 14.2 Å². The summed E-state index contributed by atoms with van der Waals surface area (Å²) in [6, 6.07) is 16.9. The van der Waals surface area contributed by atoms with Crippen LogP contribution in [-0.4, -0.2) is 34.7 Å². The number of carbonyl (C=O) groups excluding carboxylic acids is 1. The Kier molecular flexibility index (Phi) is 6.04. The van der Waals surface area contributed by atoms with Gasteiger partial charge in [0.1, 0.15) is 22.8 Å². The fraction of sp³-hybridized carbons (Fsp3) is 0.174. The third-order valence-corrected chi connectivity index (χ3v) is 5.12. The van der Waals surface area contributed by atoms with Gasteiger partial charge in [0, 0.05) is 30.8 Å².